The van der Waals surface area contributed by atoms with Crippen LogP contribution in [0.5, 0.6) is 0 Å². The third-order valence-corrected chi connectivity index (χ3v) is 7.05. The van der Waals surface area contributed by atoms with Gasteiger partial charge in [0.05, 0.1) is 11.0 Å². The van der Waals surface area contributed by atoms with Crippen molar-refractivity contribution in [1.82, 2.24) is 5.32 Å². The Balaban J connectivity index is 1.34. The van der Waals surface area contributed by atoms with Gasteiger partial charge in [-0.2, -0.15) is 0 Å². The minimum atomic E-state index is -0.766. The molecule has 1 aromatic carbocycles. The largest absolute Gasteiger partial charge is 0.388 e. The maximum Gasteiger partial charge on any atom is 0.313 e. The van der Waals surface area contributed by atoms with Gasteiger partial charge in [0.15, 0.2) is 0 Å². The van der Waals surface area contributed by atoms with E-state index in [9.17, 15) is 19.5 Å². The zero-order valence-corrected chi connectivity index (χ0v) is 18.9. The number of nitrogens with one attached hydrogen (secondary N) is 2. The fourth-order valence-corrected chi connectivity index (χ4v) is 5.05. The quantitative estimate of drug-likeness (QED) is 0.481. The lowest BCUT2D eigenvalue weighted by molar-refractivity contribution is -0.136. The molecule has 7 nitrogen and oxygen atoms in total. The van der Waals surface area contributed by atoms with E-state index in [1.165, 1.54) is 22.7 Å². The fraction of sp³-hybridized carbons (Fsp3) is 0.261. The first-order chi connectivity index (χ1) is 15.5. The zero-order valence-electron chi connectivity index (χ0n) is 17.2. The molecular formula is C23H23N3O4S2. The van der Waals surface area contributed by atoms with Gasteiger partial charge < -0.3 is 20.6 Å². The molecule has 0 bridgehead atoms. The van der Waals surface area contributed by atoms with Crippen LogP contribution in [0.2, 0.25) is 0 Å². The second-order valence-electron chi connectivity index (χ2n) is 7.41. The first-order valence-corrected chi connectivity index (χ1v) is 12.1. The van der Waals surface area contributed by atoms with Crippen molar-refractivity contribution < 1.29 is 19.5 Å². The van der Waals surface area contributed by atoms with Crippen LogP contribution < -0.4 is 15.5 Å². The van der Waals surface area contributed by atoms with E-state index in [-0.39, 0.29) is 12.5 Å². The number of anilines is 2. The second kappa shape index (κ2) is 10.1. The zero-order chi connectivity index (χ0) is 22.5. The molecule has 0 fully saturated rings. The normalized spacial score (nSPS) is 13.8. The van der Waals surface area contributed by atoms with Crippen LogP contribution in [0.1, 0.15) is 39.1 Å². The Bertz CT molecular complexity index is 1100. The molecule has 3 aromatic rings. The summed E-state index contributed by atoms with van der Waals surface area (Å²) < 4.78 is 0. The second-order valence-corrected chi connectivity index (χ2v) is 9.34. The van der Waals surface area contributed by atoms with Crippen molar-refractivity contribution >= 4 is 51.8 Å². The molecule has 3 N–H and O–H groups in total. The molecule has 2 aromatic heterocycles. The Morgan fingerprint density at radius 2 is 1.88 bits per heavy atom. The average Bonchev–Trinajstić information content (AvgIpc) is 3.52. The number of carbonyl (C=O) groups is 3. The van der Waals surface area contributed by atoms with Crippen LogP contribution in [0.25, 0.3) is 0 Å². The molecule has 4 rings (SSSR count). The van der Waals surface area contributed by atoms with Crippen molar-refractivity contribution in [2.75, 3.05) is 23.3 Å². The van der Waals surface area contributed by atoms with E-state index in [4.69, 9.17) is 0 Å². The highest BCUT2D eigenvalue weighted by atomic mass is 32.1. The number of aryl methyl sites for hydroxylation is 1. The summed E-state index contributed by atoms with van der Waals surface area (Å²) in [7, 11) is 0. The average molecular weight is 470 g/mol. The van der Waals surface area contributed by atoms with Crippen molar-refractivity contribution in [2.24, 2.45) is 0 Å². The minimum Gasteiger partial charge on any atom is -0.388 e. The van der Waals surface area contributed by atoms with Gasteiger partial charge in [0.1, 0.15) is 0 Å². The van der Waals surface area contributed by atoms with Crippen LogP contribution in [-0.4, -0.2) is 35.9 Å². The van der Waals surface area contributed by atoms with Gasteiger partial charge >= 0.3 is 11.8 Å². The van der Waals surface area contributed by atoms with Crippen LogP contribution >= 0.6 is 22.7 Å². The van der Waals surface area contributed by atoms with E-state index < -0.39 is 17.9 Å². The fourth-order valence-electron chi connectivity index (χ4n) is 3.63. The standard InChI is InChI=1S/C23H23N3O4S2/c27-18(19-5-2-12-31-19)9-10-24-21(28)22(29)25-16-7-8-17-15(14-16)4-1-11-26(17)23(30)20-6-3-13-32-20/h2-3,5-8,12-14,18,27H,1,4,9-11H2,(H,24,28)(H,25,29)/t18-/m0/s1. The van der Waals surface area contributed by atoms with Crippen LogP contribution in [0.4, 0.5) is 11.4 Å². The summed E-state index contributed by atoms with van der Waals surface area (Å²) in [5.41, 5.74) is 2.30. The smallest absolute Gasteiger partial charge is 0.313 e. The summed E-state index contributed by atoms with van der Waals surface area (Å²) in [5, 5.41) is 19.0. The predicted octanol–water partition coefficient (Wildman–Crippen LogP) is 3.58. The molecule has 3 heterocycles. The predicted molar refractivity (Wildman–Crippen MR) is 126 cm³/mol. The number of hydrogen-bond acceptors (Lipinski definition) is 6. The van der Waals surface area contributed by atoms with E-state index in [1.807, 2.05) is 47.2 Å². The highest BCUT2D eigenvalue weighted by molar-refractivity contribution is 7.12. The molecule has 1 aliphatic heterocycles. The number of hydrogen-bond donors (Lipinski definition) is 3. The van der Waals surface area contributed by atoms with Gasteiger partial charge in [-0.15, -0.1) is 22.7 Å². The molecule has 3 amide bonds. The summed E-state index contributed by atoms with van der Waals surface area (Å²) in [6.07, 6.45) is 1.28. The van der Waals surface area contributed by atoms with E-state index >= 15 is 0 Å². The highest BCUT2D eigenvalue weighted by Gasteiger charge is 2.25. The molecule has 0 aliphatic carbocycles. The van der Waals surface area contributed by atoms with Gasteiger partial charge in [-0.1, -0.05) is 12.1 Å². The Hall–Kier alpha value is -3.01. The van der Waals surface area contributed by atoms with Crippen LogP contribution in [-0.2, 0) is 16.0 Å². The summed E-state index contributed by atoms with van der Waals surface area (Å²) in [6.45, 7) is 0.838. The third kappa shape index (κ3) is 5.07. The molecule has 32 heavy (non-hydrogen) atoms. The number of benzene rings is 1. The molecule has 1 atom stereocenters. The van der Waals surface area contributed by atoms with Gasteiger partial charge in [-0.05, 0) is 65.9 Å². The summed E-state index contributed by atoms with van der Waals surface area (Å²) in [5.74, 6) is -1.55. The van der Waals surface area contributed by atoms with Crippen LogP contribution in [0.15, 0.2) is 53.2 Å². The number of amides is 3. The van der Waals surface area contributed by atoms with E-state index in [2.05, 4.69) is 10.6 Å². The molecule has 0 unspecified atom stereocenters. The van der Waals surface area contributed by atoms with Gasteiger partial charge in [0.25, 0.3) is 5.91 Å². The Morgan fingerprint density at radius 3 is 2.62 bits per heavy atom. The SMILES string of the molecule is O=C(NCC[C@H](O)c1cccs1)C(=O)Nc1ccc2c(c1)CCCN2C(=O)c1cccs1. The first-order valence-electron chi connectivity index (χ1n) is 10.3. The maximum absolute atomic E-state index is 12.8. The van der Waals surface area contributed by atoms with Gasteiger partial charge in [0, 0.05) is 29.3 Å². The molecule has 0 radical (unpaired) electrons. The molecule has 0 spiro atoms. The lowest BCUT2D eigenvalue weighted by Crippen LogP contribution is -2.36. The lowest BCUT2D eigenvalue weighted by atomic mass is 10.0. The Kier molecular flexibility index (Phi) is 6.99. The number of thiophene rings is 2. The molecule has 1 aliphatic rings. The molecule has 0 saturated heterocycles. The molecule has 0 saturated carbocycles. The number of carbonyl (C=O) groups excluding carboxylic acids is 3. The number of nitrogens with zero attached hydrogens (tertiary/aromatic N) is 1. The number of aliphatic hydroxyl groups is 1. The number of rotatable bonds is 6. The Labute approximate surface area is 193 Å². The van der Waals surface area contributed by atoms with Crippen LogP contribution in [0, 0.1) is 0 Å². The van der Waals surface area contributed by atoms with Gasteiger partial charge in [-0.3, -0.25) is 14.4 Å². The van der Waals surface area contributed by atoms with Crippen molar-refractivity contribution in [2.45, 2.75) is 25.4 Å². The van der Waals surface area contributed by atoms with Crippen molar-refractivity contribution in [3.63, 3.8) is 0 Å². The molecule has 9 heteroatoms. The molecular weight excluding hydrogens is 446 g/mol. The van der Waals surface area contributed by atoms with E-state index in [1.54, 1.807) is 11.0 Å². The maximum atomic E-state index is 12.8. The van der Waals surface area contributed by atoms with Crippen LogP contribution in [0.3, 0.4) is 0 Å². The van der Waals surface area contributed by atoms with Crippen molar-refractivity contribution in [3.05, 3.63) is 68.5 Å². The summed E-state index contributed by atoms with van der Waals surface area (Å²) >= 11 is 2.86. The first kappa shape index (κ1) is 22.2. The summed E-state index contributed by atoms with van der Waals surface area (Å²) in [4.78, 5) is 40.5. The third-order valence-electron chi connectivity index (χ3n) is 5.21. The monoisotopic (exact) mass is 469 g/mol. The van der Waals surface area contributed by atoms with Gasteiger partial charge in [-0.25, -0.2) is 0 Å². The van der Waals surface area contributed by atoms with Gasteiger partial charge in [0.2, 0.25) is 0 Å². The van der Waals surface area contributed by atoms with Crippen molar-refractivity contribution in [1.29, 1.82) is 0 Å². The van der Waals surface area contributed by atoms with E-state index in [0.29, 0.717) is 23.5 Å². The summed E-state index contributed by atoms with van der Waals surface area (Å²) in [6, 6.07) is 12.7. The lowest BCUT2D eigenvalue weighted by Gasteiger charge is -2.29. The number of aliphatic hydroxyl groups excluding tert-OH is 1. The molecule has 166 valence electrons. The minimum absolute atomic E-state index is 0.0261. The Morgan fingerprint density at radius 1 is 1.06 bits per heavy atom. The highest BCUT2D eigenvalue weighted by Crippen LogP contribution is 2.31. The topological polar surface area (TPSA) is 98.7 Å². The van der Waals surface area contributed by atoms with Crippen molar-refractivity contribution in [3.8, 4) is 0 Å². The number of fused-ring (bicyclic) bond motifs is 1. The van der Waals surface area contributed by atoms with E-state index in [0.717, 1.165) is 29.0 Å².